The molecular formula is C10H13N3O2. The summed E-state index contributed by atoms with van der Waals surface area (Å²) in [4.78, 5) is 11.8. The van der Waals surface area contributed by atoms with Crippen LogP contribution in [0.15, 0.2) is 23.0 Å². The van der Waals surface area contributed by atoms with Crippen molar-refractivity contribution in [2.24, 2.45) is 12.8 Å². The molecule has 0 saturated heterocycles. The van der Waals surface area contributed by atoms with Crippen molar-refractivity contribution in [1.82, 2.24) is 9.13 Å². The fourth-order valence-corrected chi connectivity index (χ4v) is 1.74. The summed E-state index contributed by atoms with van der Waals surface area (Å²) >= 11 is 0. The van der Waals surface area contributed by atoms with Gasteiger partial charge in [-0.25, -0.2) is 4.79 Å². The van der Waals surface area contributed by atoms with Crippen molar-refractivity contribution >= 4 is 11.0 Å². The number of nitrogens with two attached hydrogens (primary N) is 1. The molecule has 0 saturated carbocycles. The highest BCUT2D eigenvalue weighted by molar-refractivity contribution is 5.77. The number of benzene rings is 1. The lowest BCUT2D eigenvalue weighted by atomic mass is 10.3. The van der Waals surface area contributed by atoms with Gasteiger partial charge in [-0.15, -0.1) is 0 Å². The molecule has 1 aromatic heterocycles. The van der Waals surface area contributed by atoms with Gasteiger partial charge in [-0.3, -0.25) is 9.13 Å². The molecule has 5 nitrogen and oxygen atoms in total. The third kappa shape index (κ3) is 1.41. The van der Waals surface area contributed by atoms with Crippen molar-refractivity contribution in [1.29, 1.82) is 0 Å². The van der Waals surface area contributed by atoms with Crippen LogP contribution in [0.25, 0.3) is 11.0 Å². The van der Waals surface area contributed by atoms with Gasteiger partial charge in [0.15, 0.2) is 0 Å². The highest BCUT2D eigenvalue weighted by atomic mass is 16.3. The van der Waals surface area contributed by atoms with E-state index in [1.54, 1.807) is 29.8 Å². The molecule has 0 atom stereocenters. The smallest absolute Gasteiger partial charge is 0.328 e. The Hall–Kier alpha value is -1.75. The van der Waals surface area contributed by atoms with Crippen LogP contribution in [0.3, 0.4) is 0 Å². The van der Waals surface area contributed by atoms with E-state index in [4.69, 9.17) is 5.73 Å². The van der Waals surface area contributed by atoms with Gasteiger partial charge in [0.25, 0.3) is 0 Å². The second kappa shape index (κ2) is 3.43. The maximum absolute atomic E-state index is 11.8. The summed E-state index contributed by atoms with van der Waals surface area (Å²) in [6, 6.07) is 4.86. The quantitative estimate of drug-likeness (QED) is 0.728. The number of aryl methyl sites for hydroxylation is 1. The SMILES string of the molecule is Cn1c(=O)n(CCN)c2ccc(O)cc21. The van der Waals surface area contributed by atoms with Crippen LogP contribution >= 0.6 is 0 Å². The second-order valence-electron chi connectivity index (χ2n) is 3.45. The van der Waals surface area contributed by atoms with Gasteiger partial charge in [-0.05, 0) is 12.1 Å². The first-order valence-electron chi connectivity index (χ1n) is 4.73. The summed E-state index contributed by atoms with van der Waals surface area (Å²) in [6.45, 7) is 0.904. The fourth-order valence-electron chi connectivity index (χ4n) is 1.74. The van der Waals surface area contributed by atoms with Gasteiger partial charge >= 0.3 is 5.69 Å². The molecule has 2 aromatic rings. The number of hydrogen-bond acceptors (Lipinski definition) is 3. The molecule has 0 bridgehead atoms. The molecule has 3 N–H and O–H groups in total. The van der Waals surface area contributed by atoms with Crippen LogP contribution in [0.2, 0.25) is 0 Å². The predicted molar refractivity (Wildman–Crippen MR) is 57.9 cm³/mol. The molecule has 1 heterocycles. The maximum Gasteiger partial charge on any atom is 0.328 e. The van der Waals surface area contributed by atoms with Gasteiger partial charge < -0.3 is 10.8 Å². The van der Waals surface area contributed by atoms with Crippen molar-refractivity contribution in [2.45, 2.75) is 6.54 Å². The van der Waals surface area contributed by atoms with Gasteiger partial charge in [-0.2, -0.15) is 0 Å². The fraction of sp³-hybridized carbons (Fsp3) is 0.300. The zero-order chi connectivity index (χ0) is 11.0. The number of phenolic OH excluding ortho intramolecular Hbond substituents is 1. The molecule has 2 rings (SSSR count). The minimum absolute atomic E-state index is 0.110. The van der Waals surface area contributed by atoms with E-state index >= 15 is 0 Å². The number of phenols is 1. The van der Waals surface area contributed by atoms with Crippen molar-refractivity contribution in [3.63, 3.8) is 0 Å². The van der Waals surface area contributed by atoms with E-state index in [0.29, 0.717) is 18.6 Å². The third-order valence-electron chi connectivity index (χ3n) is 2.48. The van der Waals surface area contributed by atoms with Crippen LogP contribution in [0.5, 0.6) is 5.75 Å². The van der Waals surface area contributed by atoms with E-state index in [9.17, 15) is 9.90 Å². The van der Waals surface area contributed by atoms with Crippen molar-refractivity contribution in [3.05, 3.63) is 28.7 Å². The second-order valence-corrected chi connectivity index (χ2v) is 3.45. The lowest BCUT2D eigenvalue weighted by Gasteiger charge is -1.99. The number of aromatic nitrogens is 2. The molecule has 80 valence electrons. The van der Waals surface area contributed by atoms with E-state index in [2.05, 4.69) is 0 Å². The van der Waals surface area contributed by atoms with Crippen molar-refractivity contribution in [3.8, 4) is 5.75 Å². The largest absolute Gasteiger partial charge is 0.508 e. The predicted octanol–water partition coefficient (Wildman–Crippen LogP) is 0.00430. The maximum atomic E-state index is 11.8. The first-order valence-corrected chi connectivity index (χ1v) is 4.73. The zero-order valence-corrected chi connectivity index (χ0v) is 8.47. The van der Waals surface area contributed by atoms with Gasteiger partial charge in [0.2, 0.25) is 0 Å². The van der Waals surface area contributed by atoms with Gasteiger partial charge in [-0.1, -0.05) is 0 Å². The average Bonchev–Trinajstić information content (AvgIpc) is 2.44. The van der Waals surface area contributed by atoms with Crippen molar-refractivity contribution < 1.29 is 5.11 Å². The highest BCUT2D eigenvalue weighted by Crippen LogP contribution is 2.18. The Kier molecular flexibility index (Phi) is 2.24. The molecule has 0 aliphatic rings. The van der Waals surface area contributed by atoms with E-state index in [1.807, 2.05) is 0 Å². The molecule has 0 spiro atoms. The van der Waals surface area contributed by atoms with Crippen molar-refractivity contribution in [2.75, 3.05) is 6.54 Å². The minimum Gasteiger partial charge on any atom is -0.508 e. The monoisotopic (exact) mass is 207 g/mol. The number of fused-ring (bicyclic) bond motifs is 1. The summed E-state index contributed by atoms with van der Waals surface area (Å²) in [5.41, 5.74) is 6.84. The highest BCUT2D eigenvalue weighted by Gasteiger charge is 2.09. The summed E-state index contributed by atoms with van der Waals surface area (Å²) in [7, 11) is 1.68. The molecule has 1 aromatic carbocycles. The number of imidazole rings is 1. The van der Waals surface area contributed by atoms with E-state index in [-0.39, 0.29) is 11.4 Å². The molecule has 0 aliphatic heterocycles. The molecule has 5 heteroatoms. The molecule has 15 heavy (non-hydrogen) atoms. The molecule has 0 aliphatic carbocycles. The summed E-state index contributed by atoms with van der Waals surface area (Å²) in [5, 5.41) is 9.34. The number of hydrogen-bond donors (Lipinski definition) is 2. The first-order chi connectivity index (χ1) is 7.15. The Labute approximate surface area is 86.4 Å². The number of rotatable bonds is 2. The van der Waals surface area contributed by atoms with E-state index < -0.39 is 0 Å². The number of nitrogens with zero attached hydrogens (tertiary/aromatic N) is 2. The Morgan fingerprint density at radius 1 is 1.40 bits per heavy atom. The van der Waals surface area contributed by atoms with Crippen LogP contribution in [0.1, 0.15) is 0 Å². The molecule has 0 unspecified atom stereocenters. The summed E-state index contributed by atoms with van der Waals surface area (Å²) in [6.07, 6.45) is 0. The molecule has 0 radical (unpaired) electrons. The molecule has 0 amide bonds. The topological polar surface area (TPSA) is 73.2 Å². The van der Waals surface area contributed by atoms with Crippen LogP contribution in [-0.4, -0.2) is 20.8 Å². The normalized spacial score (nSPS) is 11.1. The third-order valence-corrected chi connectivity index (χ3v) is 2.48. The van der Waals surface area contributed by atoms with E-state index in [0.717, 1.165) is 5.52 Å². The van der Waals surface area contributed by atoms with Gasteiger partial charge in [0.05, 0.1) is 11.0 Å². The average molecular weight is 207 g/mol. The first kappa shape index (κ1) is 9.79. The Bertz CT molecular complexity index is 554. The van der Waals surface area contributed by atoms with Gasteiger partial charge in [0, 0.05) is 26.2 Å². The van der Waals surface area contributed by atoms with Crippen LogP contribution in [0, 0.1) is 0 Å². The minimum atomic E-state index is -0.110. The Morgan fingerprint density at radius 3 is 2.80 bits per heavy atom. The van der Waals surface area contributed by atoms with Gasteiger partial charge in [0.1, 0.15) is 5.75 Å². The molecular weight excluding hydrogens is 194 g/mol. The van der Waals surface area contributed by atoms with Crippen LogP contribution < -0.4 is 11.4 Å². The lowest BCUT2D eigenvalue weighted by Crippen LogP contribution is -2.25. The number of aromatic hydroxyl groups is 1. The van der Waals surface area contributed by atoms with Crippen LogP contribution in [-0.2, 0) is 13.6 Å². The van der Waals surface area contributed by atoms with E-state index in [1.165, 1.54) is 4.57 Å². The Morgan fingerprint density at radius 2 is 2.13 bits per heavy atom. The summed E-state index contributed by atoms with van der Waals surface area (Å²) < 4.78 is 3.11. The lowest BCUT2D eigenvalue weighted by molar-refractivity contribution is 0.476. The molecule has 0 fully saturated rings. The zero-order valence-electron chi connectivity index (χ0n) is 8.47. The Balaban J connectivity index is 2.81. The standard InChI is InChI=1S/C10H13N3O2/c1-12-9-6-7(14)2-3-8(9)13(5-4-11)10(12)15/h2-3,6,14H,4-5,11H2,1H3. The summed E-state index contributed by atoms with van der Waals surface area (Å²) in [5.74, 6) is 0.156. The van der Waals surface area contributed by atoms with Crippen LogP contribution in [0.4, 0.5) is 0 Å².